The molecule has 1 aliphatic rings. The second-order valence-electron chi connectivity index (χ2n) is 6.78. The number of nitrogens with zero attached hydrogens (tertiary/aromatic N) is 1. The Morgan fingerprint density at radius 3 is 2.45 bits per heavy atom. The molecular weight excluding hydrogens is 380 g/mol. The van der Waals surface area contributed by atoms with Crippen molar-refractivity contribution in [3.8, 4) is 0 Å². The molecule has 0 N–H and O–H groups in total. The zero-order chi connectivity index (χ0) is 20.1. The minimum atomic E-state index is -0.813. The maximum Gasteiger partial charge on any atom is 0.291 e. The molecule has 0 spiro atoms. The Morgan fingerprint density at radius 1 is 0.966 bits per heavy atom. The van der Waals surface area contributed by atoms with E-state index in [9.17, 15) is 18.4 Å². The lowest BCUT2D eigenvalue weighted by Gasteiger charge is -2.24. The van der Waals surface area contributed by atoms with E-state index in [0.717, 1.165) is 12.1 Å². The second kappa shape index (κ2) is 6.41. The Bertz CT molecular complexity index is 1290. The fourth-order valence-corrected chi connectivity index (χ4v) is 3.72. The van der Waals surface area contributed by atoms with Gasteiger partial charge < -0.3 is 13.7 Å². The molecule has 1 atom stereocenters. The smallest absolute Gasteiger partial charge is 0.291 e. The van der Waals surface area contributed by atoms with Crippen LogP contribution in [0.1, 0.15) is 33.5 Å². The van der Waals surface area contributed by atoms with Crippen molar-refractivity contribution >= 4 is 16.9 Å². The molecule has 5 rings (SSSR count). The van der Waals surface area contributed by atoms with Gasteiger partial charge >= 0.3 is 0 Å². The van der Waals surface area contributed by atoms with Crippen LogP contribution in [0.3, 0.4) is 0 Å². The highest BCUT2D eigenvalue weighted by atomic mass is 19.1. The third-order valence-corrected chi connectivity index (χ3v) is 5.02. The Labute approximate surface area is 162 Å². The quantitative estimate of drug-likeness (QED) is 0.517. The highest BCUT2D eigenvalue weighted by Crippen LogP contribution is 2.39. The van der Waals surface area contributed by atoms with Gasteiger partial charge in [0.1, 0.15) is 23.0 Å². The topological polar surface area (TPSA) is 63.7 Å². The number of hydrogen-bond acceptors (Lipinski definition) is 4. The third-order valence-electron chi connectivity index (χ3n) is 5.02. The van der Waals surface area contributed by atoms with E-state index in [2.05, 4.69) is 0 Å². The number of carbonyl (C=O) groups excluding carboxylic acids is 1. The van der Waals surface area contributed by atoms with Crippen LogP contribution in [-0.2, 0) is 6.54 Å². The molecule has 7 heteroatoms. The Hall–Kier alpha value is -3.74. The van der Waals surface area contributed by atoms with E-state index < -0.39 is 29.0 Å². The Balaban J connectivity index is 1.75. The minimum absolute atomic E-state index is 0.0449. The number of carbonyl (C=O) groups is 1. The molecule has 2 aromatic carbocycles. The first-order valence-electron chi connectivity index (χ1n) is 8.88. The average Bonchev–Trinajstić information content (AvgIpc) is 3.32. The van der Waals surface area contributed by atoms with Crippen molar-refractivity contribution in [2.45, 2.75) is 12.6 Å². The molecule has 1 aliphatic heterocycles. The summed E-state index contributed by atoms with van der Waals surface area (Å²) in [7, 11) is 0. The zero-order valence-electron chi connectivity index (χ0n) is 14.9. The summed E-state index contributed by atoms with van der Waals surface area (Å²) < 4.78 is 38.3. The SMILES string of the molecule is O=C1c2oc3ccc(F)cc3c(=O)c2[C@@H](c2ccc(F)cc2)N1Cc1ccco1. The van der Waals surface area contributed by atoms with Crippen LogP contribution < -0.4 is 5.43 Å². The fourth-order valence-electron chi connectivity index (χ4n) is 3.72. The van der Waals surface area contributed by atoms with E-state index in [-0.39, 0.29) is 28.8 Å². The summed E-state index contributed by atoms with van der Waals surface area (Å²) in [5, 5.41) is 0.0449. The summed E-state index contributed by atoms with van der Waals surface area (Å²) in [6.07, 6.45) is 1.48. The highest BCUT2D eigenvalue weighted by molar-refractivity contribution is 5.99. The number of rotatable bonds is 3. The van der Waals surface area contributed by atoms with Gasteiger partial charge in [-0.2, -0.15) is 0 Å². The first-order chi connectivity index (χ1) is 14.0. The van der Waals surface area contributed by atoms with Crippen molar-refractivity contribution in [1.29, 1.82) is 0 Å². The highest BCUT2D eigenvalue weighted by Gasteiger charge is 2.43. The van der Waals surface area contributed by atoms with Crippen LogP contribution >= 0.6 is 0 Å². The van der Waals surface area contributed by atoms with Gasteiger partial charge in [-0.1, -0.05) is 12.1 Å². The zero-order valence-corrected chi connectivity index (χ0v) is 14.9. The van der Waals surface area contributed by atoms with Gasteiger partial charge in [0.25, 0.3) is 5.91 Å². The maximum absolute atomic E-state index is 13.7. The minimum Gasteiger partial charge on any atom is -0.467 e. The molecule has 1 amide bonds. The molecule has 2 aromatic heterocycles. The third kappa shape index (κ3) is 2.74. The molecule has 29 heavy (non-hydrogen) atoms. The number of fused-ring (bicyclic) bond motifs is 2. The molecule has 0 fully saturated rings. The predicted octanol–water partition coefficient (Wildman–Crippen LogP) is 4.41. The summed E-state index contributed by atoms with van der Waals surface area (Å²) in [6, 6.07) is 11.7. The fraction of sp³-hybridized carbons (Fsp3) is 0.0909. The average molecular weight is 393 g/mol. The molecule has 144 valence electrons. The van der Waals surface area contributed by atoms with Gasteiger partial charge in [0.2, 0.25) is 5.76 Å². The standard InChI is InChI=1S/C22H13F2NO4/c23-13-5-3-12(4-6-13)19-18-20(26)16-10-14(24)7-8-17(16)29-21(18)22(27)25(19)11-15-2-1-9-28-15/h1-10,19H,11H2/t19-/m1/s1. The van der Waals surface area contributed by atoms with Crippen LogP contribution in [0, 0.1) is 11.6 Å². The summed E-state index contributed by atoms with van der Waals surface area (Å²) in [4.78, 5) is 27.8. The summed E-state index contributed by atoms with van der Waals surface area (Å²) in [5.41, 5.74) is 0.269. The van der Waals surface area contributed by atoms with Crippen molar-refractivity contribution in [1.82, 2.24) is 4.90 Å². The van der Waals surface area contributed by atoms with Gasteiger partial charge in [-0.05, 0) is 48.0 Å². The van der Waals surface area contributed by atoms with Gasteiger partial charge in [0.15, 0.2) is 5.43 Å². The number of halogens is 2. The van der Waals surface area contributed by atoms with Crippen molar-refractivity contribution in [3.05, 3.63) is 105 Å². The lowest BCUT2D eigenvalue weighted by molar-refractivity contribution is 0.0701. The van der Waals surface area contributed by atoms with Gasteiger partial charge in [-0.3, -0.25) is 9.59 Å². The first-order valence-corrected chi connectivity index (χ1v) is 8.88. The van der Waals surface area contributed by atoms with Crippen LogP contribution in [0.4, 0.5) is 8.78 Å². The molecular formula is C22H13F2NO4. The van der Waals surface area contributed by atoms with Crippen molar-refractivity contribution < 1.29 is 22.4 Å². The van der Waals surface area contributed by atoms with Crippen LogP contribution in [0.15, 0.2) is 74.5 Å². The lowest BCUT2D eigenvalue weighted by Crippen LogP contribution is -2.29. The van der Waals surface area contributed by atoms with E-state index in [4.69, 9.17) is 8.83 Å². The molecule has 5 nitrogen and oxygen atoms in total. The van der Waals surface area contributed by atoms with Crippen LogP contribution in [0.2, 0.25) is 0 Å². The molecule has 0 aliphatic carbocycles. The van der Waals surface area contributed by atoms with Crippen molar-refractivity contribution in [2.75, 3.05) is 0 Å². The van der Waals surface area contributed by atoms with Gasteiger partial charge in [0.05, 0.1) is 29.8 Å². The van der Waals surface area contributed by atoms with Crippen molar-refractivity contribution in [2.24, 2.45) is 0 Å². The lowest BCUT2D eigenvalue weighted by atomic mass is 9.98. The number of furan rings is 1. The Kier molecular flexibility index (Phi) is 3.84. The summed E-state index contributed by atoms with van der Waals surface area (Å²) in [6.45, 7) is 0.0855. The van der Waals surface area contributed by atoms with Gasteiger partial charge in [0, 0.05) is 0 Å². The molecule has 0 saturated carbocycles. The molecule has 0 unspecified atom stereocenters. The van der Waals surface area contributed by atoms with E-state index in [0.29, 0.717) is 11.3 Å². The summed E-state index contributed by atoms with van der Waals surface area (Å²) in [5.74, 6) is -1.10. The summed E-state index contributed by atoms with van der Waals surface area (Å²) >= 11 is 0. The number of hydrogen-bond donors (Lipinski definition) is 0. The Morgan fingerprint density at radius 2 is 1.72 bits per heavy atom. The number of amides is 1. The first kappa shape index (κ1) is 17.4. The molecule has 3 heterocycles. The predicted molar refractivity (Wildman–Crippen MR) is 99.3 cm³/mol. The second-order valence-corrected chi connectivity index (χ2v) is 6.78. The molecule has 4 aromatic rings. The van der Waals surface area contributed by atoms with E-state index >= 15 is 0 Å². The van der Waals surface area contributed by atoms with Crippen LogP contribution in [-0.4, -0.2) is 10.8 Å². The molecule has 0 radical (unpaired) electrons. The normalized spacial score (nSPS) is 15.9. The van der Waals surface area contributed by atoms with Gasteiger partial charge in [-0.15, -0.1) is 0 Å². The van der Waals surface area contributed by atoms with Crippen LogP contribution in [0.5, 0.6) is 0 Å². The van der Waals surface area contributed by atoms with E-state index in [1.54, 1.807) is 12.1 Å². The number of benzene rings is 2. The monoisotopic (exact) mass is 393 g/mol. The van der Waals surface area contributed by atoms with Crippen molar-refractivity contribution in [3.63, 3.8) is 0 Å². The molecule has 0 bridgehead atoms. The maximum atomic E-state index is 13.7. The molecule has 0 saturated heterocycles. The van der Waals surface area contributed by atoms with E-state index in [1.165, 1.54) is 41.5 Å². The largest absolute Gasteiger partial charge is 0.467 e. The van der Waals surface area contributed by atoms with Crippen LogP contribution in [0.25, 0.3) is 11.0 Å². The van der Waals surface area contributed by atoms with E-state index in [1.807, 2.05) is 0 Å². The van der Waals surface area contributed by atoms with Gasteiger partial charge in [-0.25, -0.2) is 8.78 Å².